The van der Waals surface area contributed by atoms with E-state index in [9.17, 15) is 14.7 Å². The molecule has 1 aliphatic carbocycles. The Labute approximate surface area is 214 Å². The van der Waals surface area contributed by atoms with Gasteiger partial charge in [-0.15, -0.1) is 11.3 Å². The number of halogens is 2. The summed E-state index contributed by atoms with van der Waals surface area (Å²) >= 11 is 7.64. The van der Waals surface area contributed by atoms with Gasteiger partial charge in [0, 0.05) is 30.5 Å². The van der Waals surface area contributed by atoms with Crippen molar-refractivity contribution in [2.45, 2.75) is 44.9 Å². The van der Waals surface area contributed by atoms with Gasteiger partial charge in [-0.05, 0) is 50.8 Å². The van der Waals surface area contributed by atoms with Crippen molar-refractivity contribution in [1.29, 1.82) is 0 Å². The Morgan fingerprint density at radius 3 is 2.78 bits per heavy atom. The summed E-state index contributed by atoms with van der Waals surface area (Å²) < 4.78 is 23.6. The number of nitrogens with zero attached hydrogens (tertiary/aromatic N) is 3. The van der Waals surface area contributed by atoms with Gasteiger partial charge in [0.2, 0.25) is 0 Å². The third-order valence-electron chi connectivity index (χ3n) is 6.59. The predicted molar refractivity (Wildman–Crippen MR) is 135 cm³/mol. The second-order valence-corrected chi connectivity index (χ2v) is 10.5. The quantitative estimate of drug-likeness (QED) is 0.369. The lowest BCUT2D eigenvalue weighted by molar-refractivity contribution is 0.0297. The van der Waals surface area contributed by atoms with Crippen LogP contribution < -0.4 is 10.1 Å². The van der Waals surface area contributed by atoms with Crippen LogP contribution in [-0.4, -0.2) is 50.3 Å². The number of likely N-dealkylation sites (tertiary alicyclic amines) is 1. The number of amides is 2. The van der Waals surface area contributed by atoms with Crippen LogP contribution in [0.25, 0.3) is 21.1 Å². The van der Waals surface area contributed by atoms with Gasteiger partial charge in [-0.25, -0.2) is 9.18 Å². The first-order valence-corrected chi connectivity index (χ1v) is 12.9. The fraction of sp³-hybridized carbons (Fsp3) is 0.320. The van der Waals surface area contributed by atoms with E-state index < -0.39 is 12.0 Å². The molecular formula is C25H22ClFN4O4S. The van der Waals surface area contributed by atoms with E-state index >= 15 is 4.39 Å². The molecule has 1 saturated carbocycles. The monoisotopic (exact) mass is 528 g/mol. The normalized spacial score (nSPS) is 17.8. The molecule has 1 atom stereocenters. The number of ether oxygens (including phenoxy) is 1. The van der Waals surface area contributed by atoms with Crippen LogP contribution in [0.15, 0.2) is 30.5 Å². The fourth-order valence-corrected chi connectivity index (χ4v) is 5.84. The van der Waals surface area contributed by atoms with Crippen molar-refractivity contribution in [2.24, 2.45) is 0 Å². The summed E-state index contributed by atoms with van der Waals surface area (Å²) in [6, 6.07) is 6.12. The van der Waals surface area contributed by atoms with Crippen LogP contribution in [-0.2, 0) is 0 Å². The van der Waals surface area contributed by atoms with E-state index in [1.54, 1.807) is 25.1 Å². The summed E-state index contributed by atoms with van der Waals surface area (Å²) in [5.74, 6) is -0.679. The molecule has 2 amide bonds. The Hall–Kier alpha value is -3.21. The molecule has 8 nitrogen and oxygen atoms in total. The van der Waals surface area contributed by atoms with Crippen molar-refractivity contribution >= 4 is 56.0 Å². The Morgan fingerprint density at radius 1 is 1.25 bits per heavy atom. The lowest BCUT2D eigenvalue weighted by Gasteiger charge is -2.18. The number of thiophene rings is 1. The van der Waals surface area contributed by atoms with Gasteiger partial charge in [0.05, 0.1) is 31.0 Å². The molecule has 1 aliphatic heterocycles. The number of aliphatic hydroxyl groups is 1. The smallest absolute Gasteiger partial charge is 0.326 e. The predicted octanol–water partition coefficient (Wildman–Crippen LogP) is 5.42. The molecule has 11 heteroatoms. The molecule has 2 N–H and O–H groups in total. The second kappa shape index (κ2) is 8.72. The summed E-state index contributed by atoms with van der Waals surface area (Å²) in [4.78, 5) is 31.8. The molecule has 6 rings (SSSR count). The number of hydrogen-bond acceptors (Lipinski definition) is 6. The Morgan fingerprint density at radius 2 is 2.06 bits per heavy atom. The number of nitrogens with one attached hydrogen (secondary N) is 1. The number of aliphatic hydroxyl groups excluding tert-OH is 1. The van der Waals surface area contributed by atoms with Gasteiger partial charge in [-0.1, -0.05) is 11.6 Å². The maximum Gasteiger partial charge on any atom is 0.326 e. The van der Waals surface area contributed by atoms with Gasteiger partial charge in [-0.2, -0.15) is 0 Å². The molecular weight excluding hydrogens is 507 g/mol. The van der Waals surface area contributed by atoms with Crippen molar-refractivity contribution in [3.05, 3.63) is 51.9 Å². The number of carbonyl (C=O) groups excluding carboxylic acids is 2. The van der Waals surface area contributed by atoms with Crippen molar-refractivity contribution in [2.75, 3.05) is 6.54 Å². The van der Waals surface area contributed by atoms with Crippen molar-refractivity contribution in [3.8, 4) is 11.5 Å². The first-order valence-electron chi connectivity index (χ1n) is 11.7. The third kappa shape index (κ3) is 3.80. The van der Waals surface area contributed by atoms with E-state index in [0.717, 1.165) is 19.3 Å². The first kappa shape index (κ1) is 23.2. The van der Waals surface area contributed by atoms with Crippen LogP contribution in [0.2, 0.25) is 5.02 Å². The van der Waals surface area contributed by atoms with Crippen LogP contribution in [0, 0.1) is 12.7 Å². The lowest BCUT2D eigenvalue weighted by Crippen LogP contribution is -2.34. The molecule has 2 aliphatic rings. The van der Waals surface area contributed by atoms with Crippen LogP contribution >= 0.6 is 22.9 Å². The summed E-state index contributed by atoms with van der Waals surface area (Å²) in [7, 11) is 0. The molecule has 1 saturated heterocycles. The van der Waals surface area contributed by atoms with Crippen LogP contribution in [0.3, 0.4) is 0 Å². The second-order valence-electron chi connectivity index (χ2n) is 9.09. The molecule has 0 bridgehead atoms. The topological polar surface area (TPSA) is 96.7 Å². The number of rotatable bonds is 4. The highest BCUT2D eigenvalue weighted by Crippen LogP contribution is 2.40. The number of hydrogen-bond donors (Lipinski definition) is 2. The number of fused-ring (bicyclic) bond motifs is 2. The average Bonchev–Trinajstić information content (AvgIpc) is 3.27. The standard InChI is InChI=1S/C25H22ClFN4O4S/c1-12-21(26)20-15(31(12)25(34)29-13-4-5-13)6-7-16(22(20)27)35-17-8-9-28-14-11-18(36-23(14)17)24(33)30-10-2-3-19(30)32/h6-9,11,13,19,32H,2-5,10H2,1H3,(H,29,34). The molecule has 0 radical (unpaired) electrons. The number of aromatic nitrogens is 2. The molecule has 1 aromatic carbocycles. The van der Waals surface area contributed by atoms with E-state index in [1.807, 2.05) is 0 Å². The highest BCUT2D eigenvalue weighted by atomic mass is 35.5. The van der Waals surface area contributed by atoms with Crippen molar-refractivity contribution in [1.82, 2.24) is 19.8 Å². The highest BCUT2D eigenvalue weighted by Gasteiger charge is 2.30. The van der Waals surface area contributed by atoms with Crippen molar-refractivity contribution < 1.29 is 23.8 Å². The van der Waals surface area contributed by atoms with Gasteiger partial charge in [0.1, 0.15) is 12.0 Å². The third-order valence-corrected chi connectivity index (χ3v) is 8.18. The Balaban J connectivity index is 1.36. The van der Waals surface area contributed by atoms with E-state index in [1.165, 1.54) is 33.1 Å². The Kier molecular flexibility index (Phi) is 5.62. The molecule has 2 fully saturated rings. The maximum absolute atomic E-state index is 15.7. The maximum atomic E-state index is 15.7. The summed E-state index contributed by atoms with van der Waals surface area (Å²) in [5, 5.41) is 13.2. The van der Waals surface area contributed by atoms with E-state index in [2.05, 4.69) is 10.3 Å². The van der Waals surface area contributed by atoms with E-state index in [4.69, 9.17) is 16.3 Å². The Bertz CT molecular complexity index is 1550. The highest BCUT2D eigenvalue weighted by molar-refractivity contribution is 7.21. The zero-order valence-electron chi connectivity index (χ0n) is 19.3. The van der Waals surface area contributed by atoms with Crippen LogP contribution in [0.1, 0.15) is 41.0 Å². The van der Waals surface area contributed by atoms with Gasteiger partial charge in [0.15, 0.2) is 11.6 Å². The number of pyridine rings is 1. The number of benzene rings is 1. The molecule has 36 heavy (non-hydrogen) atoms. The van der Waals surface area contributed by atoms with Gasteiger partial charge in [0.25, 0.3) is 5.91 Å². The molecule has 3 aromatic heterocycles. The first-order chi connectivity index (χ1) is 17.3. The zero-order valence-corrected chi connectivity index (χ0v) is 20.8. The van der Waals surface area contributed by atoms with E-state index in [0.29, 0.717) is 45.0 Å². The van der Waals surface area contributed by atoms with Crippen LogP contribution in [0.4, 0.5) is 9.18 Å². The summed E-state index contributed by atoms with van der Waals surface area (Å²) in [5.41, 5.74) is 1.33. The number of carbonyl (C=O) groups is 2. The molecule has 1 unspecified atom stereocenters. The van der Waals surface area contributed by atoms with Gasteiger partial charge in [-0.3, -0.25) is 14.3 Å². The SMILES string of the molecule is Cc1c(Cl)c2c(F)c(Oc3ccnc4cc(C(=O)N5CCCC5O)sc34)ccc2n1C(=O)NC1CC1. The molecule has 4 heterocycles. The molecule has 4 aromatic rings. The summed E-state index contributed by atoms with van der Waals surface area (Å²) in [6.45, 7) is 2.16. The minimum absolute atomic E-state index is 0.0621. The van der Waals surface area contributed by atoms with Gasteiger partial charge >= 0.3 is 6.03 Å². The minimum Gasteiger partial charge on any atom is -0.453 e. The van der Waals surface area contributed by atoms with Gasteiger partial charge < -0.3 is 20.1 Å². The van der Waals surface area contributed by atoms with E-state index in [-0.39, 0.29) is 34.1 Å². The fourth-order valence-electron chi connectivity index (χ4n) is 4.56. The average molecular weight is 529 g/mol. The zero-order chi connectivity index (χ0) is 25.1. The molecule has 186 valence electrons. The van der Waals surface area contributed by atoms with Crippen LogP contribution in [0.5, 0.6) is 11.5 Å². The molecule has 0 spiro atoms. The minimum atomic E-state index is -0.793. The lowest BCUT2D eigenvalue weighted by atomic mass is 10.2. The summed E-state index contributed by atoms with van der Waals surface area (Å²) in [6.07, 6.45) is 3.89. The largest absolute Gasteiger partial charge is 0.453 e. The van der Waals surface area contributed by atoms with Crippen molar-refractivity contribution in [3.63, 3.8) is 0 Å².